The lowest BCUT2D eigenvalue weighted by atomic mass is 9.73. The number of thiophene rings is 1. The van der Waals surface area contributed by atoms with E-state index in [1.807, 2.05) is 42.7 Å². The van der Waals surface area contributed by atoms with Gasteiger partial charge < -0.3 is 15.3 Å². The van der Waals surface area contributed by atoms with E-state index in [1.165, 1.54) is 53.9 Å². The molecule has 1 unspecified atom stereocenters. The first-order valence-corrected chi connectivity index (χ1v) is 18.5. The third-order valence-corrected chi connectivity index (χ3v) is 12.1. The first-order chi connectivity index (χ1) is 23.5. The number of amides is 2. The van der Waals surface area contributed by atoms with Crippen molar-refractivity contribution in [1.82, 2.24) is 20.2 Å². The molecule has 0 spiro atoms. The highest BCUT2D eigenvalue weighted by atomic mass is 32.1. The fourth-order valence-corrected chi connectivity index (χ4v) is 8.17. The molecule has 9 heteroatoms. The number of carboxylic acid groups (broad SMARTS) is 1. The van der Waals surface area contributed by atoms with Crippen LogP contribution < -0.4 is 5.32 Å². The van der Waals surface area contributed by atoms with Gasteiger partial charge in [-0.1, -0.05) is 89.5 Å². The number of aliphatic carboxylic acids is 1. The number of aromatic nitrogens is 2. The van der Waals surface area contributed by atoms with Gasteiger partial charge >= 0.3 is 5.97 Å². The van der Waals surface area contributed by atoms with Crippen LogP contribution in [0.3, 0.4) is 0 Å². The van der Waals surface area contributed by atoms with E-state index in [0.29, 0.717) is 16.6 Å². The summed E-state index contributed by atoms with van der Waals surface area (Å²) in [7, 11) is 0. The molecule has 2 atom stereocenters. The highest BCUT2D eigenvalue weighted by molar-refractivity contribution is 7.14. The van der Waals surface area contributed by atoms with E-state index in [2.05, 4.69) is 61.2 Å². The molecule has 2 aromatic heterocycles. The number of hydrogen-bond donors (Lipinski definition) is 2. The molecule has 3 heterocycles. The molecule has 6 rings (SSSR count). The number of rotatable bonds is 10. The second-order valence-electron chi connectivity index (χ2n) is 15.0. The number of carbonyl (C=O) groups is 3. The first-order valence-electron chi connectivity index (χ1n) is 17.7. The third-order valence-electron chi connectivity index (χ3n) is 10.6. The average molecular weight is 681 g/mol. The Labute approximate surface area is 293 Å². The maximum atomic E-state index is 13.5. The number of benzene rings is 1. The van der Waals surface area contributed by atoms with Crippen LogP contribution in [0.2, 0.25) is 0 Å². The Hall–Kier alpha value is -4.11. The van der Waals surface area contributed by atoms with Crippen molar-refractivity contribution < 1.29 is 19.5 Å². The van der Waals surface area contributed by atoms with E-state index >= 15 is 0 Å². The van der Waals surface area contributed by atoms with Crippen molar-refractivity contribution in [1.29, 1.82) is 0 Å². The van der Waals surface area contributed by atoms with E-state index in [-0.39, 0.29) is 36.7 Å². The van der Waals surface area contributed by atoms with Crippen molar-refractivity contribution in [3.8, 4) is 11.4 Å². The highest BCUT2D eigenvalue weighted by Crippen LogP contribution is 2.39. The third kappa shape index (κ3) is 8.20. The molecule has 2 amide bonds. The Kier molecular flexibility index (Phi) is 10.5. The van der Waals surface area contributed by atoms with Gasteiger partial charge in [-0.05, 0) is 65.7 Å². The molecule has 258 valence electrons. The molecule has 1 aliphatic heterocycles. The molecule has 2 fully saturated rings. The molecule has 0 bridgehead atoms. The normalized spacial score (nSPS) is 21.8. The summed E-state index contributed by atoms with van der Waals surface area (Å²) in [6, 6.07) is 10.6. The Morgan fingerprint density at radius 2 is 1.67 bits per heavy atom. The van der Waals surface area contributed by atoms with Crippen molar-refractivity contribution in [2.24, 2.45) is 23.7 Å². The minimum atomic E-state index is -0.913. The monoisotopic (exact) mass is 680 g/mol. The molecule has 1 saturated carbocycles. The van der Waals surface area contributed by atoms with Crippen LogP contribution in [-0.4, -0.2) is 56.9 Å². The Balaban J connectivity index is 1.09. The largest absolute Gasteiger partial charge is 0.481 e. The molecule has 49 heavy (non-hydrogen) atoms. The zero-order valence-electron chi connectivity index (χ0n) is 29.0. The van der Waals surface area contributed by atoms with Crippen molar-refractivity contribution in [2.75, 3.05) is 13.1 Å². The van der Waals surface area contributed by atoms with Gasteiger partial charge in [0.05, 0.1) is 10.8 Å². The van der Waals surface area contributed by atoms with Crippen LogP contribution >= 0.6 is 11.3 Å². The molecule has 0 radical (unpaired) electrons. The SMILES string of the molecule is CCC1CCC(C2C=CC(c3cnc(-c4ccc(C[C@H](NC(=O)c5ccc(C(C)(C)C)s5)C(=O)N5CC(C(=O)O)C5)cc4)nc3)=CC2)CC1. The van der Waals surface area contributed by atoms with Crippen molar-refractivity contribution in [3.63, 3.8) is 0 Å². The number of carboxylic acids is 1. The second-order valence-corrected chi connectivity index (χ2v) is 16.1. The Morgan fingerprint density at radius 3 is 2.24 bits per heavy atom. The fourth-order valence-electron chi connectivity index (χ4n) is 7.20. The zero-order chi connectivity index (χ0) is 34.7. The van der Waals surface area contributed by atoms with Crippen LogP contribution in [0, 0.1) is 23.7 Å². The molecule has 8 nitrogen and oxygen atoms in total. The van der Waals surface area contributed by atoms with Crippen LogP contribution in [0.4, 0.5) is 0 Å². The molecule has 1 saturated heterocycles. The Morgan fingerprint density at radius 1 is 0.980 bits per heavy atom. The standard InChI is InChI=1S/C40H48N4O4S/c1-5-25-6-10-27(11-7-25)28-14-16-29(17-15-28)31-21-41-36(42-22-31)30-12-8-26(9-13-30)20-33(38(46)44-23-32(24-44)39(47)48)43-37(45)34-18-19-35(49-34)40(2,3)4/h8-9,12-14,16-19,21-22,25,27-28,32-33H,5-7,10-11,15,20,23-24H2,1-4H3,(H,43,45)(H,47,48)/t25?,27?,28?,33-/m0/s1. The Bertz CT molecular complexity index is 1710. The summed E-state index contributed by atoms with van der Waals surface area (Å²) in [4.78, 5) is 50.6. The molecule has 2 aliphatic carbocycles. The van der Waals surface area contributed by atoms with Crippen LogP contribution in [0.1, 0.15) is 91.9 Å². The van der Waals surface area contributed by atoms with E-state index in [4.69, 9.17) is 0 Å². The summed E-state index contributed by atoms with van der Waals surface area (Å²) in [5, 5.41) is 12.3. The summed E-state index contributed by atoms with van der Waals surface area (Å²) in [5.74, 6) is 0.896. The minimum Gasteiger partial charge on any atom is -0.481 e. The maximum Gasteiger partial charge on any atom is 0.310 e. The van der Waals surface area contributed by atoms with Crippen molar-refractivity contribution in [3.05, 3.63) is 87.9 Å². The predicted octanol–water partition coefficient (Wildman–Crippen LogP) is 7.56. The molecule has 3 aliphatic rings. The van der Waals surface area contributed by atoms with Gasteiger partial charge in [0.1, 0.15) is 6.04 Å². The quantitative estimate of drug-likeness (QED) is 0.229. The number of likely N-dealkylation sites (tertiary alicyclic amines) is 1. The van der Waals surface area contributed by atoms with Gasteiger partial charge in [-0.3, -0.25) is 14.4 Å². The van der Waals surface area contributed by atoms with Crippen LogP contribution in [0.25, 0.3) is 17.0 Å². The van der Waals surface area contributed by atoms with E-state index in [0.717, 1.165) is 39.8 Å². The van der Waals surface area contributed by atoms with Crippen LogP contribution in [-0.2, 0) is 21.4 Å². The average Bonchev–Trinajstić information content (AvgIpc) is 3.60. The molecule has 3 aromatic rings. The number of nitrogens with zero attached hydrogens (tertiary/aromatic N) is 3. The van der Waals surface area contributed by atoms with Gasteiger partial charge in [-0.15, -0.1) is 11.3 Å². The van der Waals surface area contributed by atoms with E-state index in [1.54, 1.807) is 6.07 Å². The van der Waals surface area contributed by atoms with Crippen LogP contribution in [0.5, 0.6) is 0 Å². The topological polar surface area (TPSA) is 112 Å². The lowest BCUT2D eigenvalue weighted by Gasteiger charge is -2.38. The number of hydrogen-bond acceptors (Lipinski definition) is 6. The number of allylic oxidation sites excluding steroid dienone is 4. The number of carbonyl (C=O) groups excluding carboxylic acids is 2. The smallest absolute Gasteiger partial charge is 0.310 e. The fraction of sp³-hybridized carbons (Fsp3) is 0.475. The van der Waals surface area contributed by atoms with Gasteiger partial charge in [0.2, 0.25) is 5.91 Å². The van der Waals surface area contributed by atoms with Gasteiger partial charge in [-0.2, -0.15) is 0 Å². The van der Waals surface area contributed by atoms with Gasteiger partial charge in [0, 0.05) is 47.9 Å². The second kappa shape index (κ2) is 14.8. The van der Waals surface area contributed by atoms with Gasteiger partial charge in [0.25, 0.3) is 5.91 Å². The first kappa shape index (κ1) is 34.7. The molecular formula is C40H48N4O4S. The molecule has 1 aromatic carbocycles. The summed E-state index contributed by atoms with van der Waals surface area (Å²) >= 11 is 1.42. The minimum absolute atomic E-state index is 0.0888. The molecule has 2 N–H and O–H groups in total. The summed E-state index contributed by atoms with van der Waals surface area (Å²) in [5.41, 5.74) is 3.82. The summed E-state index contributed by atoms with van der Waals surface area (Å²) in [6.07, 6.45) is 18.8. The van der Waals surface area contributed by atoms with E-state index < -0.39 is 17.9 Å². The molecular weight excluding hydrogens is 633 g/mol. The number of nitrogens with one attached hydrogen (secondary N) is 1. The van der Waals surface area contributed by atoms with Crippen molar-refractivity contribution in [2.45, 2.75) is 84.1 Å². The zero-order valence-corrected chi connectivity index (χ0v) is 29.8. The van der Waals surface area contributed by atoms with Crippen LogP contribution in [0.15, 0.2) is 67.0 Å². The van der Waals surface area contributed by atoms with Gasteiger partial charge in [0.15, 0.2) is 5.82 Å². The highest BCUT2D eigenvalue weighted by Gasteiger charge is 2.39. The van der Waals surface area contributed by atoms with Gasteiger partial charge in [-0.25, -0.2) is 9.97 Å². The summed E-state index contributed by atoms with van der Waals surface area (Å²) < 4.78 is 0. The lowest BCUT2D eigenvalue weighted by molar-refractivity contribution is -0.153. The lowest BCUT2D eigenvalue weighted by Crippen LogP contribution is -2.59. The van der Waals surface area contributed by atoms with Crippen molar-refractivity contribution >= 4 is 34.7 Å². The maximum absolute atomic E-state index is 13.5. The summed E-state index contributed by atoms with van der Waals surface area (Å²) in [6.45, 7) is 8.89. The van der Waals surface area contributed by atoms with E-state index in [9.17, 15) is 19.5 Å². The predicted molar refractivity (Wildman–Crippen MR) is 194 cm³/mol.